The Morgan fingerprint density at radius 2 is 2.10 bits per heavy atom. The van der Waals surface area contributed by atoms with Gasteiger partial charge in [-0.05, 0) is 36.4 Å². The van der Waals surface area contributed by atoms with Crippen molar-refractivity contribution in [3.63, 3.8) is 0 Å². The molecule has 0 aromatic carbocycles. The number of aliphatic carboxylic acids is 2. The lowest BCUT2D eigenvalue weighted by atomic mass is 9.76. The SMILES string of the molecule is CC1(C(=O)O)C=C(C(O)c2cccs2)C=C(C(=O)O)C1. The Balaban J connectivity index is 2.45. The van der Waals surface area contributed by atoms with Crippen molar-refractivity contribution in [3.05, 3.63) is 45.7 Å². The lowest BCUT2D eigenvalue weighted by Gasteiger charge is -2.27. The minimum Gasteiger partial charge on any atom is -0.481 e. The molecule has 2 atom stereocenters. The molecule has 0 saturated carbocycles. The van der Waals surface area contributed by atoms with Crippen LogP contribution in [0.1, 0.15) is 24.3 Å². The lowest BCUT2D eigenvalue weighted by Crippen LogP contribution is -2.30. The first-order valence-electron chi connectivity index (χ1n) is 5.95. The largest absolute Gasteiger partial charge is 0.481 e. The van der Waals surface area contributed by atoms with Crippen molar-refractivity contribution in [3.8, 4) is 0 Å². The van der Waals surface area contributed by atoms with Crippen LogP contribution in [0.3, 0.4) is 0 Å². The Morgan fingerprint density at radius 1 is 1.40 bits per heavy atom. The highest BCUT2D eigenvalue weighted by Gasteiger charge is 2.37. The molecule has 20 heavy (non-hydrogen) atoms. The number of carbonyl (C=O) groups is 2. The van der Waals surface area contributed by atoms with Crippen LogP contribution in [-0.4, -0.2) is 27.3 Å². The highest BCUT2D eigenvalue weighted by molar-refractivity contribution is 7.10. The highest BCUT2D eigenvalue weighted by atomic mass is 32.1. The minimum atomic E-state index is -1.32. The van der Waals surface area contributed by atoms with E-state index in [-0.39, 0.29) is 12.0 Å². The van der Waals surface area contributed by atoms with E-state index in [4.69, 9.17) is 5.11 Å². The van der Waals surface area contributed by atoms with Crippen LogP contribution in [0.4, 0.5) is 0 Å². The van der Waals surface area contributed by atoms with Crippen molar-refractivity contribution in [1.29, 1.82) is 0 Å². The van der Waals surface area contributed by atoms with Crippen molar-refractivity contribution in [2.45, 2.75) is 19.4 Å². The van der Waals surface area contributed by atoms with Crippen molar-refractivity contribution in [1.82, 2.24) is 0 Å². The van der Waals surface area contributed by atoms with Crippen LogP contribution in [0.2, 0.25) is 0 Å². The first kappa shape index (κ1) is 14.5. The molecule has 0 saturated heterocycles. The van der Waals surface area contributed by atoms with E-state index in [1.54, 1.807) is 17.5 Å². The van der Waals surface area contributed by atoms with Crippen LogP contribution in [0.25, 0.3) is 0 Å². The molecular weight excluding hydrogens is 280 g/mol. The number of aliphatic hydroxyl groups excluding tert-OH is 1. The number of rotatable bonds is 4. The van der Waals surface area contributed by atoms with E-state index in [2.05, 4.69) is 0 Å². The first-order chi connectivity index (χ1) is 9.33. The van der Waals surface area contributed by atoms with Crippen molar-refractivity contribution in [2.75, 3.05) is 0 Å². The van der Waals surface area contributed by atoms with Gasteiger partial charge in [-0.1, -0.05) is 12.1 Å². The van der Waals surface area contributed by atoms with Gasteiger partial charge in [-0.3, -0.25) is 4.79 Å². The van der Waals surface area contributed by atoms with Gasteiger partial charge >= 0.3 is 11.9 Å². The summed E-state index contributed by atoms with van der Waals surface area (Å²) in [6.07, 6.45) is 1.69. The van der Waals surface area contributed by atoms with Gasteiger partial charge in [-0.2, -0.15) is 0 Å². The lowest BCUT2D eigenvalue weighted by molar-refractivity contribution is -0.145. The fourth-order valence-electron chi connectivity index (χ4n) is 2.15. The molecular formula is C14H14O5S. The average Bonchev–Trinajstić information content (AvgIpc) is 2.90. The number of thiophene rings is 1. The third kappa shape index (κ3) is 2.66. The molecule has 5 nitrogen and oxygen atoms in total. The summed E-state index contributed by atoms with van der Waals surface area (Å²) in [6, 6.07) is 3.49. The number of hydrogen-bond donors (Lipinski definition) is 3. The summed E-state index contributed by atoms with van der Waals surface area (Å²) in [7, 11) is 0. The van der Waals surface area contributed by atoms with Crippen LogP contribution in [-0.2, 0) is 9.59 Å². The summed E-state index contributed by atoms with van der Waals surface area (Å²) in [6.45, 7) is 1.45. The molecule has 0 aliphatic heterocycles. The zero-order chi connectivity index (χ0) is 14.9. The Bertz CT molecular complexity index is 599. The van der Waals surface area contributed by atoms with Crippen molar-refractivity contribution in [2.24, 2.45) is 5.41 Å². The maximum atomic E-state index is 11.4. The van der Waals surface area contributed by atoms with Gasteiger partial charge in [0.1, 0.15) is 6.10 Å². The molecule has 0 bridgehead atoms. The molecule has 0 radical (unpaired) electrons. The molecule has 0 fully saturated rings. The Labute approximate surface area is 119 Å². The third-order valence-corrected chi connectivity index (χ3v) is 4.20. The fourth-order valence-corrected chi connectivity index (χ4v) is 2.89. The van der Waals surface area contributed by atoms with E-state index >= 15 is 0 Å². The standard InChI is InChI=1S/C14H14O5S/c1-14(13(18)19)6-8(5-9(7-14)12(16)17)11(15)10-3-2-4-20-10/h2-6,11,15H,7H2,1H3,(H,16,17)(H,18,19). The van der Waals surface area contributed by atoms with Gasteiger partial charge in [0.25, 0.3) is 0 Å². The van der Waals surface area contributed by atoms with Gasteiger partial charge in [0.2, 0.25) is 0 Å². The average molecular weight is 294 g/mol. The second-order valence-electron chi connectivity index (χ2n) is 4.94. The van der Waals surface area contributed by atoms with Gasteiger partial charge in [0, 0.05) is 10.5 Å². The number of hydrogen-bond acceptors (Lipinski definition) is 4. The molecule has 6 heteroatoms. The monoisotopic (exact) mass is 294 g/mol. The predicted octanol–water partition coefficient (Wildman–Crippen LogP) is 2.21. The first-order valence-corrected chi connectivity index (χ1v) is 6.83. The maximum absolute atomic E-state index is 11.4. The number of carboxylic acid groups (broad SMARTS) is 2. The highest BCUT2D eigenvalue weighted by Crippen LogP contribution is 2.39. The smallest absolute Gasteiger partial charge is 0.331 e. The van der Waals surface area contributed by atoms with Gasteiger partial charge in [0.05, 0.1) is 5.41 Å². The van der Waals surface area contributed by atoms with E-state index in [0.717, 1.165) is 0 Å². The van der Waals surface area contributed by atoms with Crippen LogP contribution in [0, 0.1) is 5.41 Å². The Kier molecular flexibility index (Phi) is 3.78. The van der Waals surface area contributed by atoms with Crippen LogP contribution in [0.5, 0.6) is 0 Å². The molecule has 106 valence electrons. The summed E-state index contributed by atoms with van der Waals surface area (Å²) < 4.78 is 0. The minimum absolute atomic E-state index is 0.0111. The molecule has 1 aliphatic rings. The van der Waals surface area contributed by atoms with Gasteiger partial charge in [-0.15, -0.1) is 11.3 Å². The predicted molar refractivity (Wildman–Crippen MR) is 73.4 cm³/mol. The van der Waals surface area contributed by atoms with E-state index in [1.165, 1.54) is 30.4 Å². The molecule has 3 N–H and O–H groups in total. The van der Waals surface area contributed by atoms with Gasteiger partial charge in [-0.25, -0.2) is 4.79 Å². The molecule has 0 amide bonds. The second kappa shape index (κ2) is 5.22. The summed E-state index contributed by atoms with van der Waals surface area (Å²) in [5.41, 5.74) is -1.03. The molecule has 1 aromatic heterocycles. The number of carboxylic acids is 2. The fraction of sp³-hybridized carbons (Fsp3) is 0.286. The van der Waals surface area contributed by atoms with Crippen molar-refractivity contribution < 1.29 is 24.9 Å². The molecule has 2 unspecified atom stereocenters. The topological polar surface area (TPSA) is 94.8 Å². The van der Waals surface area contributed by atoms with E-state index in [9.17, 15) is 19.8 Å². The van der Waals surface area contributed by atoms with E-state index in [1.807, 2.05) is 0 Å². The van der Waals surface area contributed by atoms with Crippen LogP contribution >= 0.6 is 11.3 Å². The van der Waals surface area contributed by atoms with Gasteiger partial charge < -0.3 is 15.3 Å². The van der Waals surface area contributed by atoms with Crippen molar-refractivity contribution >= 4 is 23.3 Å². The van der Waals surface area contributed by atoms with Crippen LogP contribution in [0.15, 0.2) is 40.8 Å². The summed E-state index contributed by atoms with van der Waals surface area (Å²) in [4.78, 5) is 23.2. The molecule has 1 aliphatic carbocycles. The van der Waals surface area contributed by atoms with E-state index < -0.39 is 23.5 Å². The molecule has 0 spiro atoms. The third-order valence-electron chi connectivity index (χ3n) is 3.28. The quantitative estimate of drug-likeness (QED) is 0.791. The number of aliphatic hydroxyl groups is 1. The normalized spacial score (nSPS) is 23.7. The molecule has 1 aromatic rings. The zero-order valence-electron chi connectivity index (χ0n) is 10.7. The van der Waals surface area contributed by atoms with Gasteiger partial charge in [0.15, 0.2) is 0 Å². The summed E-state index contributed by atoms with van der Waals surface area (Å²) in [5, 5.41) is 30.4. The second-order valence-corrected chi connectivity index (χ2v) is 5.92. The Hall–Kier alpha value is -1.92. The summed E-state index contributed by atoms with van der Waals surface area (Å²) >= 11 is 1.33. The molecule has 1 heterocycles. The Morgan fingerprint density at radius 3 is 2.60 bits per heavy atom. The summed E-state index contributed by atoms with van der Waals surface area (Å²) in [5.74, 6) is -2.28. The van der Waals surface area contributed by atoms with E-state index in [0.29, 0.717) is 10.5 Å². The van der Waals surface area contributed by atoms with Crippen LogP contribution < -0.4 is 0 Å². The zero-order valence-corrected chi connectivity index (χ0v) is 11.6. The molecule has 2 rings (SSSR count). The maximum Gasteiger partial charge on any atom is 0.331 e.